The molecular weight excluding hydrogens is 348 g/mol. The molecule has 138 valence electrons. The summed E-state index contributed by atoms with van der Waals surface area (Å²) in [5.41, 5.74) is -1.34. The van der Waals surface area contributed by atoms with Crippen LogP contribution in [0.5, 0.6) is 0 Å². The number of benzene rings is 1. The van der Waals surface area contributed by atoms with Crippen molar-refractivity contribution in [2.45, 2.75) is 31.2 Å². The summed E-state index contributed by atoms with van der Waals surface area (Å²) in [6.07, 6.45) is 2.75. The molecule has 1 fully saturated rings. The smallest absolute Gasteiger partial charge is 0.325 e. The lowest BCUT2D eigenvalue weighted by molar-refractivity contribution is -0.147. The van der Waals surface area contributed by atoms with Crippen molar-refractivity contribution in [3.05, 3.63) is 35.4 Å². The van der Waals surface area contributed by atoms with E-state index < -0.39 is 53.7 Å². The Morgan fingerprint density at radius 2 is 1.92 bits per heavy atom. The topological polar surface area (TPSA) is 108 Å². The molecule has 0 atom stereocenters. The van der Waals surface area contributed by atoms with E-state index in [1.165, 1.54) is 0 Å². The Labute approximate surface area is 148 Å². The maximum Gasteiger partial charge on any atom is 0.325 e. The molecule has 7 nitrogen and oxygen atoms in total. The predicted molar refractivity (Wildman–Crippen MR) is 84.6 cm³/mol. The maximum atomic E-state index is 13.4. The highest BCUT2D eigenvalue weighted by atomic mass is 19.1. The quantitative estimate of drug-likeness (QED) is 0.736. The summed E-state index contributed by atoms with van der Waals surface area (Å²) in [5.74, 6) is -4.33. The first-order valence-corrected chi connectivity index (χ1v) is 7.96. The Hall–Kier alpha value is -3.02. The van der Waals surface area contributed by atoms with Crippen molar-refractivity contribution < 1.29 is 27.9 Å². The van der Waals surface area contributed by atoms with Gasteiger partial charge < -0.3 is 15.4 Å². The van der Waals surface area contributed by atoms with Crippen LogP contribution in [0.3, 0.4) is 0 Å². The van der Waals surface area contributed by atoms with Gasteiger partial charge in [0.1, 0.15) is 23.7 Å². The molecule has 0 aromatic heterocycles. The molecule has 0 saturated heterocycles. The van der Waals surface area contributed by atoms with Crippen LogP contribution in [-0.4, -0.2) is 36.5 Å². The van der Waals surface area contributed by atoms with Crippen LogP contribution in [0.25, 0.3) is 0 Å². The number of halogens is 2. The zero-order chi connectivity index (χ0) is 19.2. The summed E-state index contributed by atoms with van der Waals surface area (Å²) < 4.78 is 31.0. The number of hydrogen-bond acceptors (Lipinski definition) is 5. The van der Waals surface area contributed by atoms with E-state index in [0.717, 1.165) is 25.0 Å². The van der Waals surface area contributed by atoms with Crippen LogP contribution in [0, 0.1) is 23.0 Å². The van der Waals surface area contributed by atoms with Gasteiger partial charge in [-0.1, -0.05) is 0 Å². The minimum Gasteiger partial charge on any atom is -0.454 e. The van der Waals surface area contributed by atoms with Crippen molar-refractivity contribution in [3.63, 3.8) is 0 Å². The number of nitrogens with zero attached hydrogens (tertiary/aromatic N) is 1. The zero-order valence-corrected chi connectivity index (χ0v) is 13.8. The molecule has 2 rings (SSSR count). The van der Waals surface area contributed by atoms with Gasteiger partial charge in [-0.3, -0.25) is 14.4 Å². The van der Waals surface area contributed by atoms with Crippen molar-refractivity contribution in [2.24, 2.45) is 0 Å². The molecule has 1 aliphatic carbocycles. The molecule has 2 amide bonds. The lowest BCUT2D eigenvalue weighted by Crippen LogP contribution is -2.47. The summed E-state index contributed by atoms with van der Waals surface area (Å²) in [4.78, 5) is 35.1. The largest absolute Gasteiger partial charge is 0.454 e. The molecule has 1 aromatic carbocycles. The van der Waals surface area contributed by atoms with Crippen LogP contribution < -0.4 is 10.6 Å². The second-order valence-electron chi connectivity index (χ2n) is 5.92. The molecule has 0 unspecified atom stereocenters. The Morgan fingerprint density at radius 1 is 1.23 bits per heavy atom. The third kappa shape index (κ3) is 4.99. The van der Waals surface area contributed by atoms with E-state index in [1.807, 2.05) is 0 Å². The number of ether oxygens (including phenoxy) is 1. The first-order chi connectivity index (χ1) is 12.3. The van der Waals surface area contributed by atoms with E-state index in [-0.39, 0.29) is 0 Å². The molecule has 0 aliphatic heterocycles. The zero-order valence-electron chi connectivity index (χ0n) is 13.8. The van der Waals surface area contributed by atoms with Gasteiger partial charge in [0.25, 0.3) is 11.8 Å². The lowest BCUT2D eigenvalue weighted by Gasteiger charge is -2.21. The Balaban J connectivity index is 1.75. The molecular formula is C17H17F2N3O4. The van der Waals surface area contributed by atoms with Crippen LogP contribution in [0.1, 0.15) is 36.0 Å². The summed E-state index contributed by atoms with van der Waals surface area (Å²) >= 11 is 0. The summed E-state index contributed by atoms with van der Waals surface area (Å²) in [6.45, 7) is -1.19. The molecule has 2 N–H and O–H groups in total. The Morgan fingerprint density at radius 3 is 2.54 bits per heavy atom. The van der Waals surface area contributed by atoms with E-state index >= 15 is 0 Å². The third-order valence-corrected chi connectivity index (χ3v) is 3.98. The number of amides is 2. The number of nitriles is 1. The maximum absolute atomic E-state index is 13.4. The van der Waals surface area contributed by atoms with Crippen LogP contribution in [0.15, 0.2) is 18.2 Å². The number of hydrogen-bond donors (Lipinski definition) is 2. The minimum atomic E-state index is -1.06. The summed E-state index contributed by atoms with van der Waals surface area (Å²) in [6, 6.07) is 4.48. The molecule has 0 bridgehead atoms. The van der Waals surface area contributed by atoms with E-state index in [1.54, 1.807) is 0 Å². The second-order valence-corrected chi connectivity index (χ2v) is 5.92. The molecule has 0 heterocycles. The van der Waals surface area contributed by atoms with Crippen LogP contribution in [0.2, 0.25) is 0 Å². The average molecular weight is 365 g/mol. The first-order valence-electron chi connectivity index (χ1n) is 7.96. The molecule has 1 saturated carbocycles. The van der Waals surface area contributed by atoms with Gasteiger partial charge in [0, 0.05) is 6.07 Å². The van der Waals surface area contributed by atoms with Crippen LogP contribution in [-0.2, 0) is 14.3 Å². The molecule has 9 heteroatoms. The number of nitrogens with one attached hydrogen (secondary N) is 2. The van der Waals surface area contributed by atoms with Crippen LogP contribution in [0.4, 0.5) is 8.78 Å². The Kier molecular flexibility index (Phi) is 6.22. The van der Waals surface area contributed by atoms with Gasteiger partial charge in [-0.25, -0.2) is 8.78 Å². The molecule has 0 radical (unpaired) electrons. The lowest BCUT2D eigenvalue weighted by atomic mass is 10.00. The fourth-order valence-corrected chi connectivity index (χ4v) is 2.66. The molecule has 1 aliphatic rings. The third-order valence-electron chi connectivity index (χ3n) is 3.98. The van der Waals surface area contributed by atoms with Crippen molar-refractivity contribution in [2.75, 3.05) is 13.2 Å². The van der Waals surface area contributed by atoms with Gasteiger partial charge in [-0.2, -0.15) is 5.26 Å². The molecule has 1 aromatic rings. The standard InChI is InChI=1S/C17H17F2N3O4/c18-11-3-4-12(13(19)7-11)16(25)21-8-15(24)26-9-14(23)22-17(10-20)5-1-2-6-17/h3-4,7H,1-2,5-6,8-9H2,(H,21,25)(H,22,23). The predicted octanol–water partition coefficient (Wildman–Crippen LogP) is 1.19. The van der Waals surface area contributed by atoms with Gasteiger partial charge in [-0.05, 0) is 37.8 Å². The molecule has 26 heavy (non-hydrogen) atoms. The first kappa shape index (κ1) is 19.3. The van der Waals surface area contributed by atoms with Crippen molar-refractivity contribution in [1.29, 1.82) is 5.26 Å². The monoisotopic (exact) mass is 365 g/mol. The highest BCUT2D eigenvalue weighted by Gasteiger charge is 2.35. The van der Waals surface area contributed by atoms with E-state index in [4.69, 9.17) is 10.00 Å². The highest BCUT2D eigenvalue weighted by Crippen LogP contribution is 2.28. The number of carbonyl (C=O) groups excluding carboxylic acids is 3. The fourth-order valence-electron chi connectivity index (χ4n) is 2.66. The van der Waals surface area contributed by atoms with E-state index in [0.29, 0.717) is 18.9 Å². The summed E-state index contributed by atoms with van der Waals surface area (Å²) in [5, 5.41) is 13.8. The van der Waals surface area contributed by atoms with Crippen LogP contribution >= 0.6 is 0 Å². The van der Waals surface area contributed by atoms with Crippen molar-refractivity contribution in [1.82, 2.24) is 10.6 Å². The van der Waals surface area contributed by atoms with Gasteiger partial charge in [0.2, 0.25) is 0 Å². The van der Waals surface area contributed by atoms with Gasteiger partial charge in [-0.15, -0.1) is 0 Å². The summed E-state index contributed by atoms with van der Waals surface area (Å²) in [7, 11) is 0. The Bertz CT molecular complexity index is 755. The average Bonchev–Trinajstić information content (AvgIpc) is 3.07. The number of esters is 1. The van der Waals surface area contributed by atoms with Crippen molar-refractivity contribution >= 4 is 17.8 Å². The van der Waals surface area contributed by atoms with Crippen molar-refractivity contribution in [3.8, 4) is 6.07 Å². The number of rotatable bonds is 6. The normalized spacial score (nSPS) is 15.0. The van der Waals surface area contributed by atoms with Gasteiger partial charge in [0.05, 0.1) is 11.6 Å². The molecule has 0 spiro atoms. The van der Waals surface area contributed by atoms with E-state index in [2.05, 4.69) is 16.7 Å². The number of carbonyl (C=O) groups is 3. The SMILES string of the molecule is N#CC1(NC(=O)COC(=O)CNC(=O)c2ccc(F)cc2F)CCCC1. The highest BCUT2D eigenvalue weighted by molar-refractivity contribution is 5.96. The van der Waals surface area contributed by atoms with Gasteiger partial charge >= 0.3 is 5.97 Å². The fraction of sp³-hybridized carbons (Fsp3) is 0.412. The minimum absolute atomic E-state index is 0.422. The van der Waals surface area contributed by atoms with Gasteiger partial charge in [0.15, 0.2) is 6.61 Å². The van der Waals surface area contributed by atoms with E-state index in [9.17, 15) is 23.2 Å². The second kappa shape index (κ2) is 8.38.